The van der Waals surface area contributed by atoms with Crippen LogP contribution in [0.15, 0.2) is 0 Å². The summed E-state index contributed by atoms with van der Waals surface area (Å²) in [5.41, 5.74) is 0. The second-order valence-electron chi connectivity index (χ2n) is 0. The number of aliphatic hydroxyl groups is 2. The third kappa shape index (κ3) is 147. The zero-order valence-corrected chi connectivity index (χ0v) is 9.55. The molecule has 8 heavy (non-hydrogen) atoms. The average molecular weight is 214 g/mol. The van der Waals surface area contributed by atoms with Gasteiger partial charge in [0.25, 0.3) is 0 Å². The van der Waals surface area contributed by atoms with Crippen LogP contribution in [0.4, 0.5) is 0 Å². The Morgan fingerprint density at radius 2 is 0.875 bits per heavy atom. The van der Waals surface area contributed by atoms with Crippen LogP contribution in [0, 0.1) is 21.1 Å². The Labute approximate surface area is 80.6 Å². The van der Waals surface area contributed by atoms with E-state index in [0.717, 1.165) is 0 Å². The summed E-state index contributed by atoms with van der Waals surface area (Å²) in [7, 11) is 4.50. The van der Waals surface area contributed by atoms with Crippen LogP contribution in [0.3, 0.4) is 0 Å². The number of rotatable bonds is 0. The summed E-state index contributed by atoms with van der Waals surface area (Å²) in [6, 6.07) is 0. The van der Waals surface area contributed by atoms with Gasteiger partial charge < -0.3 is 17.1 Å². The first-order valence-corrected chi connectivity index (χ1v) is 1.34. The molecule has 1 unspecified atom stereocenters. The smallest absolute Gasteiger partial charge is 0.569 e. The van der Waals surface area contributed by atoms with Crippen molar-refractivity contribution in [3.8, 4) is 0 Å². The van der Waals surface area contributed by atoms with Gasteiger partial charge in [-0.2, -0.15) is 16.8 Å². The van der Waals surface area contributed by atoms with Crippen LogP contribution < -0.4 is 0 Å². The fourth-order valence-electron chi connectivity index (χ4n) is 0. The number of hydrogen-bond donors (Lipinski definition) is 2. The van der Waals surface area contributed by atoms with Gasteiger partial charge in [0, 0.05) is 0 Å². The van der Waals surface area contributed by atoms with Crippen molar-refractivity contribution in [3.63, 3.8) is 0 Å². The molecule has 0 radical (unpaired) electrons. The van der Waals surface area contributed by atoms with Crippen molar-refractivity contribution < 1.29 is 42.9 Å². The van der Waals surface area contributed by atoms with Crippen LogP contribution in [-0.2, 0) is 32.7 Å². The molecule has 0 saturated carbocycles. The van der Waals surface area contributed by atoms with Crippen molar-refractivity contribution in [2.75, 3.05) is 0 Å². The standard InChI is InChI=1S/C2H5.2CH3O.H3P.Y/c3*1-2;;/h1H2,2H3;2*2H,1H2;1H3;/q3*-1;;+3. The van der Waals surface area contributed by atoms with E-state index >= 15 is 0 Å². The molecule has 0 spiro atoms. The van der Waals surface area contributed by atoms with Crippen LogP contribution >= 0.6 is 9.90 Å². The van der Waals surface area contributed by atoms with Crippen molar-refractivity contribution in [1.82, 2.24) is 0 Å². The molecule has 2 nitrogen and oxygen atoms in total. The van der Waals surface area contributed by atoms with E-state index in [2.05, 4.69) is 21.1 Å². The monoisotopic (exact) mass is 214 g/mol. The van der Waals surface area contributed by atoms with Gasteiger partial charge in [0.15, 0.2) is 0 Å². The van der Waals surface area contributed by atoms with Gasteiger partial charge in [0.1, 0.15) is 0 Å². The van der Waals surface area contributed by atoms with Crippen LogP contribution in [0.5, 0.6) is 0 Å². The van der Waals surface area contributed by atoms with Gasteiger partial charge in [-0.15, -0.1) is 0 Å². The van der Waals surface area contributed by atoms with E-state index in [1.165, 1.54) is 0 Å². The van der Waals surface area contributed by atoms with Gasteiger partial charge in [0.05, 0.1) is 0 Å². The van der Waals surface area contributed by atoms with Gasteiger partial charge >= 0.3 is 32.7 Å². The average Bonchev–Trinajstić information content (AvgIpc) is 1.81. The Morgan fingerprint density at radius 1 is 0.875 bits per heavy atom. The molecule has 0 saturated heterocycles. The molecule has 0 aliphatic carbocycles. The minimum atomic E-state index is 0. The molecule has 0 heterocycles. The Bertz CT molecular complexity index is 14.0. The van der Waals surface area contributed by atoms with Crippen molar-refractivity contribution in [2.45, 2.75) is 6.92 Å². The van der Waals surface area contributed by atoms with E-state index in [9.17, 15) is 0 Å². The molecule has 50 valence electrons. The summed E-state index contributed by atoms with van der Waals surface area (Å²) < 4.78 is 0. The SMILES string of the molecule is P.[CH2-]C.[CH2-]O.[CH2-]O.[Y+3]. The van der Waals surface area contributed by atoms with Crippen LogP contribution in [0.25, 0.3) is 0 Å². The summed E-state index contributed by atoms with van der Waals surface area (Å²) >= 11 is 0. The van der Waals surface area contributed by atoms with Crippen molar-refractivity contribution >= 4 is 9.90 Å². The third-order valence-electron chi connectivity index (χ3n) is 0. The Balaban J connectivity index is -0.00000000500. The number of hydrogen-bond acceptors (Lipinski definition) is 2. The van der Waals surface area contributed by atoms with E-state index in [-0.39, 0.29) is 42.6 Å². The summed E-state index contributed by atoms with van der Waals surface area (Å²) in [5.74, 6) is 0. The summed E-state index contributed by atoms with van der Waals surface area (Å²) in [6.45, 7) is 5.00. The number of aliphatic hydroxyl groups excluding tert-OH is 2. The molecule has 0 bridgehead atoms. The summed E-state index contributed by atoms with van der Waals surface area (Å²) in [6.07, 6.45) is 0. The molecule has 0 aromatic carbocycles. The first-order chi connectivity index (χ1) is 3.00. The predicted molar refractivity (Wildman–Crippen MR) is 36.7 cm³/mol. The molecule has 0 aromatic rings. The molecule has 0 amide bonds. The molecule has 1 atom stereocenters. The van der Waals surface area contributed by atoms with Gasteiger partial charge in [-0.25, -0.2) is 14.2 Å². The van der Waals surface area contributed by atoms with E-state index in [1.807, 2.05) is 0 Å². The zero-order chi connectivity index (χ0) is 6.00. The van der Waals surface area contributed by atoms with E-state index in [1.54, 1.807) is 6.92 Å². The molecular formula is C4H14O2PY. The van der Waals surface area contributed by atoms with Crippen molar-refractivity contribution in [2.24, 2.45) is 0 Å². The second kappa shape index (κ2) is 222. The van der Waals surface area contributed by atoms with Crippen LogP contribution in [0.2, 0.25) is 0 Å². The van der Waals surface area contributed by atoms with Gasteiger partial charge in [-0.1, -0.05) is 0 Å². The topological polar surface area (TPSA) is 40.5 Å². The molecular weight excluding hydrogens is 200 g/mol. The molecule has 0 aliphatic heterocycles. The largest absolute Gasteiger partial charge is 3.00 e. The molecule has 0 aliphatic rings. The van der Waals surface area contributed by atoms with Gasteiger partial charge in [0.2, 0.25) is 0 Å². The summed E-state index contributed by atoms with van der Waals surface area (Å²) in [5, 5.41) is 13.5. The Morgan fingerprint density at radius 3 is 0.875 bits per heavy atom. The summed E-state index contributed by atoms with van der Waals surface area (Å²) in [4.78, 5) is 0. The molecule has 2 N–H and O–H groups in total. The van der Waals surface area contributed by atoms with Gasteiger partial charge in [-0.3, -0.25) is 0 Å². The van der Waals surface area contributed by atoms with E-state index in [0.29, 0.717) is 0 Å². The van der Waals surface area contributed by atoms with E-state index in [4.69, 9.17) is 10.2 Å². The molecule has 4 heteroatoms. The Hall–Kier alpha value is 1.45. The Kier molecular flexibility index (Phi) is 946. The normalized spacial score (nSPS) is 2.25. The minimum Gasteiger partial charge on any atom is -0.569 e. The quantitative estimate of drug-likeness (QED) is 0.469. The second-order valence-corrected chi connectivity index (χ2v) is 0. The maximum atomic E-state index is 6.75. The first-order valence-electron chi connectivity index (χ1n) is 1.34. The maximum Gasteiger partial charge on any atom is 3.00 e. The fourth-order valence-corrected chi connectivity index (χ4v) is 0. The van der Waals surface area contributed by atoms with Gasteiger partial charge in [-0.05, 0) is 0 Å². The zero-order valence-electron chi connectivity index (χ0n) is 5.30. The molecule has 0 aromatic heterocycles. The molecule has 0 rings (SSSR count). The van der Waals surface area contributed by atoms with Crippen LogP contribution in [-0.4, -0.2) is 10.2 Å². The van der Waals surface area contributed by atoms with Crippen LogP contribution in [0.1, 0.15) is 6.92 Å². The minimum absolute atomic E-state index is 0. The fraction of sp³-hybridized carbons (Fsp3) is 0.250. The maximum absolute atomic E-state index is 6.75. The van der Waals surface area contributed by atoms with E-state index < -0.39 is 0 Å². The first kappa shape index (κ1) is 34.1. The predicted octanol–water partition coefficient (Wildman–Crippen LogP) is 1.20. The van der Waals surface area contributed by atoms with Crippen molar-refractivity contribution in [1.29, 1.82) is 0 Å². The van der Waals surface area contributed by atoms with Crippen molar-refractivity contribution in [3.05, 3.63) is 21.1 Å². The molecule has 0 fully saturated rings. The third-order valence-corrected chi connectivity index (χ3v) is 0.